The van der Waals surface area contributed by atoms with E-state index in [0.29, 0.717) is 17.1 Å². The van der Waals surface area contributed by atoms with Gasteiger partial charge in [-0.2, -0.15) is 0 Å². The molecule has 0 saturated heterocycles. The Hall–Kier alpha value is -2.40. The minimum absolute atomic E-state index is 0.107. The Morgan fingerprint density at radius 1 is 1.12 bits per heavy atom. The van der Waals surface area contributed by atoms with Gasteiger partial charge in [-0.3, -0.25) is 9.59 Å². The number of nitrogens with one attached hydrogen (secondary N) is 1. The third-order valence-corrected chi connectivity index (χ3v) is 4.38. The molecule has 1 N–H and O–H groups in total. The molecule has 2 aromatic carbocycles. The van der Waals surface area contributed by atoms with Crippen molar-refractivity contribution in [2.75, 3.05) is 7.05 Å². The number of carbonyl (C=O) groups excluding carboxylic acids is 2. The van der Waals surface area contributed by atoms with Crippen LogP contribution in [0.15, 0.2) is 48.5 Å². The zero-order valence-corrected chi connectivity index (χ0v) is 15.8. The maximum Gasteiger partial charge on any atom is 0.253 e. The summed E-state index contributed by atoms with van der Waals surface area (Å²) in [6.07, 6.45) is 0. The molecule has 4 nitrogen and oxygen atoms in total. The first-order valence-electron chi connectivity index (χ1n) is 8.34. The van der Waals surface area contributed by atoms with Crippen LogP contribution in [0.3, 0.4) is 0 Å². The molecule has 0 bridgehead atoms. The molecule has 26 heavy (non-hydrogen) atoms. The molecule has 2 rings (SSSR count). The molecular weight excluding hydrogens is 355 g/mol. The van der Waals surface area contributed by atoms with Crippen LogP contribution in [0.2, 0.25) is 5.02 Å². The smallest absolute Gasteiger partial charge is 0.253 e. The van der Waals surface area contributed by atoms with Crippen molar-refractivity contribution < 1.29 is 14.0 Å². The number of amides is 2. The van der Waals surface area contributed by atoms with E-state index in [2.05, 4.69) is 5.32 Å². The number of likely N-dealkylation sites (N-methyl/N-ethyl adjacent to an activating group) is 1. The predicted octanol–water partition coefficient (Wildman–Crippen LogP) is 3.89. The van der Waals surface area contributed by atoms with E-state index in [0.717, 1.165) is 5.56 Å². The number of nitrogens with zero attached hydrogens (tertiary/aromatic N) is 1. The minimum Gasteiger partial charge on any atom is -0.340 e. The van der Waals surface area contributed by atoms with Gasteiger partial charge in [0, 0.05) is 13.6 Å². The molecule has 0 spiro atoms. The van der Waals surface area contributed by atoms with Crippen LogP contribution in [0, 0.1) is 11.7 Å². The van der Waals surface area contributed by atoms with Crippen LogP contribution in [-0.4, -0.2) is 29.8 Å². The SMILES string of the molecule is CC(C)C(NC(=O)c1ccccc1Cl)C(=O)N(C)Cc1ccc(F)cc1. The number of rotatable bonds is 6. The monoisotopic (exact) mass is 376 g/mol. The molecule has 0 aliphatic heterocycles. The molecule has 0 heterocycles. The van der Waals surface area contributed by atoms with Crippen LogP contribution in [0.1, 0.15) is 29.8 Å². The van der Waals surface area contributed by atoms with Crippen LogP contribution in [0.5, 0.6) is 0 Å². The number of halogens is 2. The van der Waals surface area contributed by atoms with Crippen LogP contribution in [-0.2, 0) is 11.3 Å². The minimum atomic E-state index is -0.691. The second kappa shape index (κ2) is 8.81. The summed E-state index contributed by atoms with van der Waals surface area (Å²) in [6, 6.07) is 12.0. The van der Waals surface area contributed by atoms with Crippen LogP contribution in [0.4, 0.5) is 4.39 Å². The largest absolute Gasteiger partial charge is 0.340 e. The van der Waals surface area contributed by atoms with E-state index in [1.807, 2.05) is 13.8 Å². The van der Waals surface area contributed by atoms with E-state index < -0.39 is 11.9 Å². The maximum absolute atomic E-state index is 13.0. The number of benzene rings is 2. The lowest BCUT2D eigenvalue weighted by Gasteiger charge is -2.27. The van der Waals surface area contributed by atoms with Gasteiger partial charge in [0.15, 0.2) is 0 Å². The van der Waals surface area contributed by atoms with Crippen molar-refractivity contribution in [3.05, 3.63) is 70.5 Å². The van der Waals surface area contributed by atoms with Crippen LogP contribution in [0.25, 0.3) is 0 Å². The molecule has 0 aliphatic rings. The van der Waals surface area contributed by atoms with Gasteiger partial charge < -0.3 is 10.2 Å². The van der Waals surface area contributed by atoms with Gasteiger partial charge in [-0.25, -0.2) is 4.39 Å². The zero-order valence-electron chi connectivity index (χ0n) is 15.0. The molecule has 1 unspecified atom stereocenters. The summed E-state index contributed by atoms with van der Waals surface area (Å²) < 4.78 is 13.0. The third kappa shape index (κ3) is 5.05. The lowest BCUT2D eigenvalue weighted by molar-refractivity contribution is -0.133. The highest BCUT2D eigenvalue weighted by Crippen LogP contribution is 2.16. The Labute approximate surface area is 158 Å². The summed E-state index contributed by atoms with van der Waals surface area (Å²) in [5.41, 5.74) is 1.14. The molecule has 2 aromatic rings. The number of carbonyl (C=O) groups is 2. The molecule has 2 amide bonds. The lowest BCUT2D eigenvalue weighted by atomic mass is 10.0. The van der Waals surface area contributed by atoms with E-state index in [1.165, 1.54) is 17.0 Å². The molecule has 138 valence electrons. The molecule has 1 atom stereocenters. The van der Waals surface area contributed by atoms with Crippen LogP contribution < -0.4 is 5.32 Å². The van der Waals surface area contributed by atoms with Gasteiger partial charge in [-0.05, 0) is 35.7 Å². The Morgan fingerprint density at radius 2 is 1.73 bits per heavy atom. The highest BCUT2D eigenvalue weighted by atomic mass is 35.5. The van der Waals surface area contributed by atoms with Gasteiger partial charge in [0.05, 0.1) is 10.6 Å². The Morgan fingerprint density at radius 3 is 2.31 bits per heavy atom. The molecule has 0 fully saturated rings. The first-order valence-corrected chi connectivity index (χ1v) is 8.72. The van der Waals surface area contributed by atoms with Gasteiger partial charge in [0.25, 0.3) is 5.91 Å². The average Bonchev–Trinajstić information content (AvgIpc) is 2.61. The second-order valence-corrected chi connectivity index (χ2v) is 6.90. The first kappa shape index (κ1) is 19.9. The molecule has 0 aliphatic carbocycles. The maximum atomic E-state index is 13.0. The van der Waals surface area contributed by atoms with Gasteiger partial charge in [-0.15, -0.1) is 0 Å². The number of hydrogen-bond donors (Lipinski definition) is 1. The topological polar surface area (TPSA) is 49.4 Å². The summed E-state index contributed by atoms with van der Waals surface area (Å²) >= 11 is 6.06. The van der Waals surface area contributed by atoms with Crippen LogP contribution >= 0.6 is 11.6 Å². The van der Waals surface area contributed by atoms with E-state index in [9.17, 15) is 14.0 Å². The summed E-state index contributed by atoms with van der Waals surface area (Å²) in [7, 11) is 1.66. The molecular formula is C20H22ClFN2O2. The Kier molecular flexibility index (Phi) is 6.75. The molecule has 0 aromatic heterocycles. The van der Waals surface area contributed by atoms with Crippen molar-refractivity contribution in [1.82, 2.24) is 10.2 Å². The zero-order chi connectivity index (χ0) is 19.3. The predicted molar refractivity (Wildman–Crippen MR) is 100 cm³/mol. The van der Waals surface area contributed by atoms with Crippen molar-refractivity contribution in [3.63, 3.8) is 0 Å². The van der Waals surface area contributed by atoms with Crippen molar-refractivity contribution in [2.24, 2.45) is 5.92 Å². The molecule has 0 saturated carbocycles. The van der Waals surface area contributed by atoms with Crippen molar-refractivity contribution in [1.29, 1.82) is 0 Å². The highest BCUT2D eigenvalue weighted by Gasteiger charge is 2.28. The van der Waals surface area contributed by atoms with Gasteiger partial charge in [-0.1, -0.05) is 49.7 Å². The van der Waals surface area contributed by atoms with Crippen molar-refractivity contribution >= 4 is 23.4 Å². The third-order valence-electron chi connectivity index (χ3n) is 4.05. The van der Waals surface area contributed by atoms with Crippen molar-refractivity contribution in [2.45, 2.75) is 26.4 Å². The fourth-order valence-electron chi connectivity index (χ4n) is 2.56. The van der Waals surface area contributed by atoms with Gasteiger partial charge >= 0.3 is 0 Å². The summed E-state index contributed by atoms with van der Waals surface area (Å²) in [5.74, 6) is -1.04. The fraction of sp³-hybridized carbons (Fsp3) is 0.300. The normalized spacial score (nSPS) is 11.9. The van der Waals surface area contributed by atoms with E-state index in [-0.39, 0.29) is 17.6 Å². The summed E-state index contributed by atoms with van der Waals surface area (Å²) in [4.78, 5) is 26.8. The first-order chi connectivity index (χ1) is 12.3. The fourth-order valence-corrected chi connectivity index (χ4v) is 2.78. The summed E-state index contributed by atoms with van der Waals surface area (Å²) in [5, 5.41) is 3.11. The van der Waals surface area contributed by atoms with Gasteiger partial charge in [0.2, 0.25) is 5.91 Å². The summed E-state index contributed by atoms with van der Waals surface area (Å²) in [6.45, 7) is 4.05. The van der Waals surface area contributed by atoms with Gasteiger partial charge in [0.1, 0.15) is 11.9 Å². The highest BCUT2D eigenvalue weighted by molar-refractivity contribution is 6.33. The van der Waals surface area contributed by atoms with E-state index in [4.69, 9.17) is 11.6 Å². The Balaban J connectivity index is 2.10. The van der Waals surface area contributed by atoms with Crippen molar-refractivity contribution in [3.8, 4) is 0 Å². The average molecular weight is 377 g/mol. The molecule has 6 heteroatoms. The molecule has 0 radical (unpaired) electrons. The Bertz CT molecular complexity index is 778. The van der Waals surface area contributed by atoms with E-state index >= 15 is 0 Å². The number of hydrogen-bond acceptors (Lipinski definition) is 2. The van der Waals surface area contributed by atoms with E-state index in [1.54, 1.807) is 43.4 Å². The second-order valence-electron chi connectivity index (χ2n) is 6.50. The standard InChI is InChI=1S/C20H22ClFN2O2/c1-13(2)18(23-19(25)16-6-4-5-7-17(16)21)20(26)24(3)12-14-8-10-15(22)11-9-14/h4-11,13,18H,12H2,1-3H3,(H,23,25). The quantitative estimate of drug-likeness (QED) is 0.831. The lowest BCUT2D eigenvalue weighted by Crippen LogP contribution is -2.50.